The molecule has 0 aromatic heterocycles. The van der Waals surface area contributed by atoms with Crippen LogP contribution in [-0.2, 0) is 6.54 Å². The number of nitrogens with one attached hydrogen (secondary N) is 1. The van der Waals surface area contributed by atoms with E-state index in [1.54, 1.807) is 0 Å². The van der Waals surface area contributed by atoms with Crippen LogP contribution < -0.4 is 5.32 Å². The van der Waals surface area contributed by atoms with Gasteiger partial charge in [0.1, 0.15) is 0 Å². The zero-order valence-electron chi connectivity index (χ0n) is 9.02. The van der Waals surface area contributed by atoms with Crippen LogP contribution >= 0.6 is 0 Å². The van der Waals surface area contributed by atoms with Gasteiger partial charge in [-0.15, -0.1) is 0 Å². The molecule has 1 N–H and O–H groups in total. The van der Waals surface area contributed by atoms with Crippen LogP contribution in [0.3, 0.4) is 0 Å². The van der Waals surface area contributed by atoms with E-state index in [0.29, 0.717) is 0 Å². The summed E-state index contributed by atoms with van der Waals surface area (Å²) in [5, 5.41) is 3.59. The summed E-state index contributed by atoms with van der Waals surface area (Å²) in [4.78, 5) is 2.58. The van der Waals surface area contributed by atoms with E-state index in [2.05, 4.69) is 40.5 Å². The summed E-state index contributed by atoms with van der Waals surface area (Å²) in [5.74, 6) is 0.911. The number of hydrogen-bond acceptors (Lipinski definition) is 2. The highest BCUT2D eigenvalue weighted by Crippen LogP contribution is 2.25. The third-order valence-electron chi connectivity index (χ3n) is 3.69. The van der Waals surface area contributed by atoms with Crippen molar-refractivity contribution in [1.82, 2.24) is 10.2 Å². The quantitative estimate of drug-likeness (QED) is 0.781. The monoisotopic (exact) mass is 202 g/mol. The van der Waals surface area contributed by atoms with Gasteiger partial charge in [0, 0.05) is 25.7 Å². The summed E-state index contributed by atoms with van der Waals surface area (Å²) in [6.45, 7) is 4.87. The van der Waals surface area contributed by atoms with Crippen LogP contribution in [0, 0.1) is 5.92 Å². The first-order chi connectivity index (χ1) is 7.42. The van der Waals surface area contributed by atoms with Crippen molar-refractivity contribution in [1.29, 1.82) is 0 Å². The van der Waals surface area contributed by atoms with E-state index in [-0.39, 0.29) is 0 Å². The minimum Gasteiger partial charge on any atom is -0.312 e. The minimum absolute atomic E-state index is 0.772. The number of nitrogens with zero attached hydrogens (tertiary/aromatic N) is 1. The molecule has 2 fully saturated rings. The van der Waals surface area contributed by atoms with Gasteiger partial charge < -0.3 is 5.32 Å². The topological polar surface area (TPSA) is 15.3 Å². The van der Waals surface area contributed by atoms with Gasteiger partial charge in [-0.05, 0) is 24.4 Å². The maximum atomic E-state index is 3.59. The molecule has 2 saturated heterocycles. The van der Waals surface area contributed by atoms with Gasteiger partial charge in [0.2, 0.25) is 0 Å². The van der Waals surface area contributed by atoms with Crippen molar-refractivity contribution in [2.75, 3.05) is 19.6 Å². The van der Waals surface area contributed by atoms with Crippen molar-refractivity contribution in [3.8, 4) is 0 Å². The second-order valence-corrected chi connectivity index (χ2v) is 4.79. The van der Waals surface area contributed by atoms with Gasteiger partial charge in [0.05, 0.1) is 0 Å². The highest BCUT2D eigenvalue weighted by Gasteiger charge is 2.35. The molecule has 0 spiro atoms. The number of fused-ring (bicyclic) bond motifs is 1. The highest BCUT2D eigenvalue weighted by atomic mass is 15.2. The molecule has 1 aromatic rings. The largest absolute Gasteiger partial charge is 0.312 e. The van der Waals surface area contributed by atoms with Crippen molar-refractivity contribution in [2.45, 2.75) is 19.0 Å². The van der Waals surface area contributed by atoms with Crippen molar-refractivity contribution < 1.29 is 0 Å². The summed E-state index contributed by atoms with van der Waals surface area (Å²) in [7, 11) is 0. The molecule has 2 heterocycles. The molecule has 0 saturated carbocycles. The fourth-order valence-corrected chi connectivity index (χ4v) is 2.91. The van der Waals surface area contributed by atoms with Gasteiger partial charge in [-0.3, -0.25) is 4.90 Å². The van der Waals surface area contributed by atoms with Gasteiger partial charge >= 0.3 is 0 Å². The fourth-order valence-electron chi connectivity index (χ4n) is 2.91. The predicted molar refractivity (Wildman–Crippen MR) is 61.6 cm³/mol. The standard InChI is InChI=1S/C13H18N2/c1-2-4-11(5-3-1)8-15-9-12-6-7-14-13(12)10-15/h1-5,12-14H,6-10H2/t12-,13+/m0/s1. The Balaban J connectivity index is 1.62. The molecule has 2 nitrogen and oxygen atoms in total. The summed E-state index contributed by atoms with van der Waals surface area (Å²) in [5.41, 5.74) is 1.44. The first kappa shape index (κ1) is 9.37. The molecule has 2 aliphatic rings. The zero-order valence-corrected chi connectivity index (χ0v) is 9.02. The molecular weight excluding hydrogens is 184 g/mol. The van der Waals surface area contributed by atoms with Crippen LogP contribution in [0.4, 0.5) is 0 Å². The van der Waals surface area contributed by atoms with Gasteiger partial charge in [-0.1, -0.05) is 30.3 Å². The van der Waals surface area contributed by atoms with Crippen LogP contribution in [0.5, 0.6) is 0 Å². The molecule has 3 rings (SSSR count). The first-order valence-corrected chi connectivity index (χ1v) is 5.91. The molecular formula is C13H18N2. The third-order valence-corrected chi connectivity index (χ3v) is 3.69. The molecule has 1 aromatic carbocycles. The molecule has 80 valence electrons. The lowest BCUT2D eigenvalue weighted by molar-refractivity contribution is 0.307. The van der Waals surface area contributed by atoms with E-state index in [4.69, 9.17) is 0 Å². The van der Waals surface area contributed by atoms with Crippen LogP contribution in [0.2, 0.25) is 0 Å². The fraction of sp³-hybridized carbons (Fsp3) is 0.538. The molecule has 2 atom stereocenters. The lowest BCUT2D eigenvalue weighted by atomic mass is 10.1. The van der Waals surface area contributed by atoms with Crippen molar-refractivity contribution in [3.63, 3.8) is 0 Å². The van der Waals surface area contributed by atoms with Crippen LogP contribution in [0.15, 0.2) is 30.3 Å². The summed E-state index contributed by atoms with van der Waals surface area (Å²) in [6, 6.07) is 11.6. The van der Waals surface area contributed by atoms with Crippen LogP contribution in [0.25, 0.3) is 0 Å². The average molecular weight is 202 g/mol. The Morgan fingerprint density at radius 3 is 2.87 bits per heavy atom. The lowest BCUT2D eigenvalue weighted by Gasteiger charge is -2.16. The lowest BCUT2D eigenvalue weighted by Crippen LogP contribution is -2.29. The Morgan fingerprint density at radius 2 is 2.07 bits per heavy atom. The molecule has 0 aliphatic carbocycles. The molecule has 0 radical (unpaired) electrons. The molecule has 15 heavy (non-hydrogen) atoms. The maximum absolute atomic E-state index is 3.59. The minimum atomic E-state index is 0.772. The Bertz CT molecular complexity index is 311. The zero-order chi connectivity index (χ0) is 10.1. The first-order valence-electron chi connectivity index (χ1n) is 5.91. The number of rotatable bonds is 2. The van der Waals surface area contributed by atoms with E-state index >= 15 is 0 Å². The second-order valence-electron chi connectivity index (χ2n) is 4.79. The van der Waals surface area contributed by atoms with Gasteiger partial charge in [0.25, 0.3) is 0 Å². The van der Waals surface area contributed by atoms with Crippen molar-refractivity contribution >= 4 is 0 Å². The molecule has 0 bridgehead atoms. The molecule has 2 aliphatic heterocycles. The van der Waals surface area contributed by atoms with E-state index < -0.39 is 0 Å². The van der Waals surface area contributed by atoms with Gasteiger partial charge in [-0.2, -0.15) is 0 Å². The van der Waals surface area contributed by atoms with E-state index in [1.807, 2.05) is 0 Å². The van der Waals surface area contributed by atoms with Gasteiger partial charge in [-0.25, -0.2) is 0 Å². The second kappa shape index (κ2) is 3.95. The number of hydrogen-bond donors (Lipinski definition) is 1. The third kappa shape index (κ3) is 1.92. The maximum Gasteiger partial charge on any atom is 0.0236 e. The average Bonchev–Trinajstić information content (AvgIpc) is 2.79. The summed E-state index contributed by atoms with van der Waals surface area (Å²) >= 11 is 0. The van der Waals surface area contributed by atoms with E-state index in [9.17, 15) is 0 Å². The normalized spacial score (nSPS) is 30.7. The SMILES string of the molecule is c1ccc(CN2C[C@@H]3CCN[C@@H]3C2)cc1. The number of benzene rings is 1. The Kier molecular flexibility index (Phi) is 2.47. The molecule has 0 unspecified atom stereocenters. The van der Waals surface area contributed by atoms with E-state index in [1.165, 1.54) is 31.6 Å². The van der Waals surface area contributed by atoms with Crippen LogP contribution in [0.1, 0.15) is 12.0 Å². The highest BCUT2D eigenvalue weighted by molar-refractivity contribution is 5.15. The smallest absolute Gasteiger partial charge is 0.0236 e. The Labute approximate surface area is 91.3 Å². The van der Waals surface area contributed by atoms with Crippen molar-refractivity contribution in [2.24, 2.45) is 5.92 Å². The number of likely N-dealkylation sites (tertiary alicyclic amines) is 1. The molecule has 0 amide bonds. The van der Waals surface area contributed by atoms with Crippen molar-refractivity contribution in [3.05, 3.63) is 35.9 Å². The van der Waals surface area contributed by atoms with Crippen LogP contribution in [-0.4, -0.2) is 30.6 Å². The Morgan fingerprint density at radius 1 is 1.20 bits per heavy atom. The summed E-state index contributed by atoms with van der Waals surface area (Å²) in [6.07, 6.45) is 1.37. The summed E-state index contributed by atoms with van der Waals surface area (Å²) < 4.78 is 0. The Hall–Kier alpha value is -0.860. The molecule has 2 heteroatoms. The predicted octanol–water partition coefficient (Wildman–Crippen LogP) is 1.48. The van der Waals surface area contributed by atoms with Gasteiger partial charge in [0.15, 0.2) is 0 Å². The van der Waals surface area contributed by atoms with E-state index in [0.717, 1.165) is 18.5 Å².